The van der Waals surface area contributed by atoms with E-state index < -0.39 is 0 Å². The molecule has 2 heterocycles. The summed E-state index contributed by atoms with van der Waals surface area (Å²) in [5, 5.41) is 13.9. The van der Waals surface area contributed by atoms with Crippen molar-refractivity contribution in [1.29, 1.82) is 0 Å². The van der Waals surface area contributed by atoms with Crippen molar-refractivity contribution in [2.24, 2.45) is 0 Å². The maximum atomic E-state index is 12.2. The standard InChI is InChI=1S/C16H12ClN3OS2/c1-10-4-6-11(7-5-10)18-14(21)16-20-19-15(23-16)13(17)9-12-3-2-8-22-12/h2-9H,1H3,(H,18,21)/b13-9-. The molecule has 23 heavy (non-hydrogen) atoms. The normalized spacial score (nSPS) is 11.5. The molecule has 0 bridgehead atoms. The van der Waals surface area contributed by atoms with Crippen LogP contribution in [0.2, 0.25) is 0 Å². The smallest absolute Gasteiger partial charge is 0.286 e. The number of benzene rings is 1. The summed E-state index contributed by atoms with van der Waals surface area (Å²) >= 11 is 8.98. The highest BCUT2D eigenvalue weighted by Gasteiger charge is 2.14. The molecule has 0 saturated carbocycles. The monoisotopic (exact) mass is 361 g/mol. The van der Waals surface area contributed by atoms with Gasteiger partial charge in [-0.15, -0.1) is 21.5 Å². The Balaban J connectivity index is 1.73. The van der Waals surface area contributed by atoms with Gasteiger partial charge in [0, 0.05) is 10.6 Å². The predicted molar refractivity (Wildman–Crippen MR) is 97.1 cm³/mol. The second-order valence-electron chi connectivity index (χ2n) is 4.74. The van der Waals surface area contributed by atoms with Gasteiger partial charge in [-0.1, -0.05) is 46.7 Å². The highest BCUT2D eigenvalue weighted by molar-refractivity contribution is 7.15. The number of halogens is 1. The molecule has 0 aliphatic heterocycles. The van der Waals surface area contributed by atoms with Crippen LogP contribution >= 0.6 is 34.3 Å². The first-order valence-electron chi connectivity index (χ1n) is 6.74. The van der Waals surface area contributed by atoms with Crippen molar-refractivity contribution in [2.45, 2.75) is 6.92 Å². The van der Waals surface area contributed by atoms with Gasteiger partial charge in [0.25, 0.3) is 5.91 Å². The van der Waals surface area contributed by atoms with Gasteiger partial charge in [-0.2, -0.15) is 0 Å². The number of carbonyl (C=O) groups excluding carboxylic acids is 1. The number of anilines is 1. The summed E-state index contributed by atoms with van der Waals surface area (Å²) in [6.07, 6.45) is 1.81. The SMILES string of the molecule is Cc1ccc(NC(=O)c2nnc(/C(Cl)=C/c3cccs3)s2)cc1. The minimum absolute atomic E-state index is 0.276. The van der Waals surface area contributed by atoms with Gasteiger partial charge in [0.15, 0.2) is 5.01 Å². The molecular formula is C16H12ClN3OS2. The number of rotatable bonds is 4. The highest BCUT2D eigenvalue weighted by atomic mass is 35.5. The van der Waals surface area contributed by atoms with Gasteiger partial charge in [-0.25, -0.2) is 0 Å². The molecule has 7 heteroatoms. The molecule has 0 radical (unpaired) electrons. The van der Waals surface area contributed by atoms with Crippen LogP contribution in [0, 0.1) is 6.92 Å². The van der Waals surface area contributed by atoms with Crippen molar-refractivity contribution in [1.82, 2.24) is 10.2 Å². The molecule has 1 amide bonds. The lowest BCUT2D eigenvalue weighted by Gasteiger charge is -2.02. The highest BCUT2D eigenvalue weighted by Crippen LogP contribution is 2.27. The summed E-state index contributed by atoms with van der Waals surface area (Å²) in [5.74, 6) is -0.293. The van der Waals surface area contributed by atoms with E-state index in [0.29, 0.717) is 10.0 Å². The number of aryl methyl sites for hydroxylation is 1. The first-order valence-corrected chi connectivity index (χ1v) is 8.82. The molecule has 0 aliphatic rings. The fraction of sp³-hybridized carbons (Fsp3) is 0.0625. The minimum Gasteiger partial charge on any atom is -0.320 e. The van der Waals surface area contributed by atoms with Crippen LogP contribution in [0.1, 0.15) is 25.3 Å². The van der Waals surface area contributed by atoms with E-state index in [1.165, 1.54) is 0 Å². The lowest BCUT2D eigenvalue weighted by Crippen LogP contribution is -2.11. The molecule has 0 fully saturated rings. The number of thiophene rings is 1. The number of hydrogen-bond donors (Lipinski definition) is 1. The molecule has 3 rings (SSSR count). The van der Waals surface area contributed by atoms with Gasteiger partial charge in [-0.3, -0.25) is 4.79 Å². The third-order valence-electron chi connectivity index (χ3n) is 2.95. The third kappa shape index (κ3) is 4.04. The van der Waals surface area contributed by atoms with E-state index in [9.17, 15) is 4.79 Å². The van der Waals surface area contributed by atoms with E-state index >= 15 is 0 Å². The lowest BCUT2D eigenvalue weighted by atomic mass is 10.2. The molecule has 3 aromatic rings. The molecule has 0 unspecified atom stereocenters. The predicted octanol–water partition coefficient (Wildman–Crippen LogP) is 4.90. The lowest BCUT2D eigenvalue weighted by molar-refractivity contribution is 0.102. The molecule has 4 nitrogen and oxygen atoms in total. The van der Waals surface area contributed by atoms with E-state index in [0.717, 1.165) is 27.5 Å². The van der Waals surface area contributed by atoms with Crippen LogP contribution in [0.25, 0.3) is 11.1 Å². The van der Waals surface area contributed by atoms with Crippen LogP contribution in [-0.2, 0) is 0 Å². The molecule has 1 N–H and O–H groups in total. The Kier molecular flexibility index (Phi) is 4.85. The first-order chi connectivity index (χ1) is 11.1. The Hall–Kier alpha value is -2.02. The molecule has 0 atom stereocenters. The molecule has 1 aromatic carbocycles. The summed E-state index contributed by atoms with van der Waals surface area (Å²) < 4.78 is 0. The number of aromatic nitrogens is 2. The molecule has 0 aliphatic carbocycles. The van der Waals surface area contributed by atoms with E-state index in [4.69, 9.17) is 11.6 Å². The van der Waals surface area contributed by atoms with Crippen LogP contribution in [0.4, 0.5) is 5.69 Å². The number of nitrogens with one attached hydrogen (secondary N) is 1. The summed E-state index contributed by atoms with van der Waals surface area (Å²) in [5.41, 5.74) is 1.85. The fourth-order valence-corrected chi connectivity index (χ4v) is 3.43. The van der Waals surface area contributed by atoms with Gasteiger partial charge in [-0.05, 0) is 36.6 Å². The van der Waals surface area contributed by atoms with E-state index in [-0.39, 0.29) is 10.9 Å². The Morgan fingerprint density at radius 2 is 1.91 bits per heavy atom. The molecule has 0 saturated heterocycles. The Morgan fingerprint density at radius 3 is 2.61 bits per heavy atom. The zero-order valence-corrected chi connectivity index (χ0v) is 14.5. The van der Waals surface area contributed by atoms with Crippen molar-refractivity contribution in [3.05, 3.63) is 62.2 Å². The third-order valence-corrected chi connectivity index (χ3v) is 5.12. The average Bonchev–Trinajstić information content (AvgIpc) is 3.20. The van der Waals surface area contributed by atoms with Crippen molar-refractivity contribution < 1.29 is 4.79 Å². The maximum absolute atomic E-state index is 12.2. The number of hydrogen-bond acceptors (Lipinski definition) is 5. The number of nitrogens with zero attached hydrogens (tertiary/aromatic N) is 2. The van der Waals surface area contributed by atoms with Crippen LogP contribution in [0.5, 0.6) is 0 Å². The topological polar surface area (TPSA) is 54.9 Å². The van der Waals surface area contributed by atoms with Crippen LogP contribution in [0.15, 0.2) is 41.8 Å². The molecule has 116 valence electrons. The van der Waals surface area contributed by atoms with Crippen molar-refractivity contribution in [3.63, 3.8) is 0 Å². The summed E-state index contributed by atoms with van der Waals surface area (Å²) in [4.78, 5) is 13.2. The largest absolute Gasteiger partial charge is 0.320 e. The van der Waals surface area contributed by atoms with Gasteiger partial charge in [0.1, 0.15) is 0 Å². The van der Waals surface area contributed by atoms with Crippen LogP contribution < -0.4 is 5.32 Å². The van der Waals surface area contributed by atoms with Gasteiger partial charge in [0.05, 0.1) is 5.03 Å². The summed E-state index contributed by atoms with van der Waals surface area (Å²) in [6, 6.07) is 11.5. The first kappa shape index (κ1) is 15.9. The van der Waals surface area contributed by atoms with Gasteiger partial charge < -0.3 is 5.32 Å². The van der Waals surface area contributed by atoms with Gasteiger partial charge in [0.2, 0.25) is 5.01 Å². The van der Waals surface area contributed by atoms with E-state index in [2.05, 4.69) is 15.5 Å². The van der Waals surface area contributed by atoms with Crippen LogP contribution in [0.3, 0.4) is 0 Å². The summed E-state index contributed by atoms with van der Waals surface area (Å²) in [6.45, 7) is 1.99. The Bertz CT molecular complexity index is 839. The molecular weight excluding hydrogens is 350 g/mol. The Morgan fingerprint density at radius 1 is 1.17 bits per heavy atom. The maximum Gasteiger partial charge on any atom is 0.286 e. The van der Waals surface area contributed by atoms with Crippen molar-refractivity contribution >= 4 is 57.0 Å². The van der Waals surface area contributed by atoms with Crippen molar-refractivity contribution in [2.75, 3.05) is 5.32 Å². The average molecular weight is 362 g/mol. The number of amides is 1. The quantitative estimate of drug-likeness (QED) is 0.719. The molecule has 0 spiro atoms. The van der Waals surface area contributed by atoms with E-state index in [1.807, 2.05) is 54.8 Å². The van der Waals surface area contributed by atoms with Gasteiger partial charge >= 0.3 is 0 Å². The van der Waals surface area contributed by atoms with E-state index in [1.54, 1.807) is 11.3 Å². The zero-order valence-electron chi connectivity index (χ0n) is 12.1. The zero-order chi connectivity index (χ0) is 16.2. The second kappa shape index (κ2) is 7.04. The fourth-order valence-electron chi connectivity index (χ4n) is 1.79. The summed E-state index contributed by atoms with van der Waals surface area (Å²) in [7, 11) is 0. The minimum atomic E-state index is -0.293. The number of carbonyl (C=O) groups is 1. The molecule has 2 aromatic heterocycles. The van der Waals surface area contributed by atoms with Crippen molar-refractivity contribution in [3.8, 4) is 0 Å². The second-order valence-corrected chi connectivity index (χ2v) is 7.10. The Labute approximate surface area is 146 Å². The van der Waals surface area contributed by atoms with Crippen LogP contribution in [-0.4, -0.2) is 16.1 Å².